The van der Waals surface area contributed by atoms with Crippen molar-refractivity contribution in [1.82, 2.24) is 20.1 Å². The molecule has 0 aromatic carbocycles. The van der Waals surface area contributed by atoms with Gasteiger partial charge in [-0.1, -0.05) is 0 Å². The minimum Gasteiger partial charge on any atom is -0.329 e. The van der Waals surface area contributed by atoms with E-state index in [4.69, 9.17) is 5.73 Å². The highest BCUT2D eigenvalue weighted by molar-refractivity contribution is 9.10. The quantitative estimate of drug-likeness (QED) is 0.629. The van der Waals surface area contributed by atoms with Crippen LogP contribution in [-0.2, 0) is 0 Å². The summed E-state index contributed by atoms with van der Waals surface area (Å²) >= 11 is 3.49. The van der Waals surface area contributed by atoms with Crippen molar-refractivity contribution in [3.05, 3.63) is 22.4 Å². The van der Waals surface area contributed by atoms with Crippen LogP contribution in [-0.4, -0.2) is 45.7 Å². The molecule has 1 saturated carbocycles. The van der Waals surface area contributed by atoms with E-state index >= 15 is 0 Å². The zero-order valence-electron chi connectivity index (χ0n) is 11.7. The maximum atomic E-state index is 12.3. The van der Waals surface area contributed by atoms with Crippen LogP contribution in [0, 0.1) is 0 Å². The summed E-state index contributed by atoms with van der Waals surface area (Å²) in [6, 6.07) is 3.01. The Hall–Kier alpha value is -1.54. The molecule has 3 aliphatic rings. The number of carbonyl (C=O) groups is 2. The minimum atomic E-state index is -0.999. The molecule has 4 rings (SSSR count). The summed E-state index contributed by atoms with van der Waals surface area (Å²) < 4.78 is 2.76. The molecule has 112 valence electrons. The lowest BCUT2D eigenvalue weighted by Crippen LogP contribution is -2.71. The number of halogens is 1. The number of nitrogens with one attached hydrogen (secondary N) is 2. The van der Waals surface area contributed by atoms with Crippen molar-refractivity contribution in [2.45, 2.75) is 36.6 Å². The monoisotopic (exact) mass is 353 g/mol. The van der Waals surface area contributed by atoms with Gasteiger partial charge in [-0.15, -0.1) is 0 Å². The zero-order valence-corrected chi connectivity index (χ0v) is 13.3. The van der Waals surface area contributed by atoms with Crippen molar-refractivity contribution in [3.8, 4) is 0 Å². The molecule has 4 atom stereocenters. The number of nitrogens with two attached hydrogens (primary N) is 1. The summed E-state index contributed by atoms with van der Waals surface area (Å²) in [5.41, 5.74) is 5.73. The summed E-state index contributed by atoms with van der Waals surface area (Å²) in [6.07, 6.45) is 0.671. The van der Waals surface area contributed by atoms with E-state index in [2.05, 4.69) is 26.6 Å². The first-order valence-corrected chi connectivity index (χ1v) is 7.61. The highest BCUT2D eigenvalue weighted by Gasteiger charge is 2.67. The van der Waals surface area contributed by atoms with Gasteiger partial charge in [0.25, 0.3) is 5.91 Å². The third-order valence-corrected chi connectivity index (χ3v) is 5.99. The van der Waals surface area contributed by atoms with Crippen molar-refractivity contribution in [3.63, 3.8) is 0 Å². The number of carbonyl (C=O) groups excluding carboxylic acids is 2. The second kappa shape index (κ2) is 3.61. The van der Waals surface area contributed by atoms with Gasteiger partial charge in [-0.3, -0.25) is 4.79 Å². The smallest absolute Gasteiger partial charge is 0.318 e. The normalized spacial score (nSPS) is 40.5. The van der Waals surface area contributed by atoms with Gasteiger partial charge in [0.2, 0.25) is 0 Å². The Morgan fingerprint density at radius 2 is 2.14 bits per heavy atom. The molecule has 1 saturated heterocycles. The predicted octanol–water partition coefficient (Wildman–Crippen LogP) is 0.376. The van der Waals surface area contributed by atoms with Crippen molar-refractivity contribution < 1.29 is 9.59 Å². The molecule has 3 amide bonds. The third kappa shape index (κ3) is 1.32. The molecule has 2 fully saturated rings. The van der Waals surface area contributed by atoms with E-state index in [1.165, 1.54) is 0 Å². The molecule has 3 heterocycles. The summed E-state index contributed by atoms with van der Waals surface area (Å²) in [5, 5.41) is 5.85. The van der Waals surface area contributed by atoms with Gasteiger partial charge >= 0.3 is 6.03 Å². The second-order valence-corrected chi connectivity index (χ2v) is 7.13. The average Bonchev–Trinajstić information content (AvgIpc) is 2.97. The Labute approximate surface area is 130 Å². The Kier molecular flexibility index (Phi) is 2.26. The molecular weight excluding hydrogens is 338 g/mol. The van der Waals surface area contributed by atoms with Crippen LogP contribution in [0.25, 0.3) is 0 Å². The van der Waals surface area contributed by atoms with Crippen LogP contribution in [0.4, 0.5) is 4.79 Å². The molecular formula is C13H16BrN5O2. The van der Waals surface area contributed by atoms with E-state index in [9.17, 15) is 9.59 Å². The number of fused-ring (bicyclic) bond motifs is 5. The Bertz CT molecular complexity index is 688. The van der Waals surface area contributed by atoms with Gasteiger partial charge in [-0.25, -0.2) is 4.79 Å². The van der Waals surface area contributed by atoms with E-state index in [-0.39, 0.29) is 24.0 Å². The van der Waals surface area contributed by atoms with Crippen LogP contribution >= 0.6 is 15.9 Å². The van der Waals surface area contributed by atoms with Crippen LogP contribution in [0.1, 0.15) is 29.9 Å². The van der Waals surface area contributed by atoms with Crippen LogP contribution < -0.4 is 16.4 Å². The number of hydrogen-bond acceptors (Lipinski definition) is 3. The van der Waals surface area contributed by atoms with Gasteiger partial charge in [-0.2, -0.15) is 0 Å². The van der Waals surface area contributed by atoms with E-state index in [1.807, 2.05) is 17.6 Å². The summed E-state index contributed by atoms with van der Waals surface area (Å²) in [7, 11) is 1.77. The van der Waals surface area contributed by atoms with Crippen molar-refractivity contribution in [2.24, 2.45) is 5.73 Å². The summed E-state index contributed by atoms with van der Waals surface area (Å²) in [4.78, 5) is 26.0. The predicted molar refractivity (Wildman–Crippen MR) is 78.7 cm³/mol. The molecule has 0 radical (unpaired) electrons. The molecule has 0 spiro atoms. The number of amides is 3. The van der Waals surface area contributed by atoms with Crippen molar-refractivity contribution >= 4 is 27.9 Å². The standard InChI is InChI=1S/C13H16BrN5O2/c1-12-5-7-13(15,10(12)16-11(21)18(12)2)17-9(20)6-3-4-8(14)19(6)7/h3-4,7,10H,5,15H2,1-2H3,(H,16,21)(H,17,20). The molecule has 4 unspecified atom stereocenters. The van der Waals surface area contributed by atoms with E-state index in [0.717, 1.165) is 4.60 Å². The van der Waals surface area contributed by atoms with E-state index in [1.54, 1.807) is 18.0 Å². The number of hydrogen-bond donors (Lipinski definition) is 3. The van der Waals surface area contributed by atoms with E-state index < -0.39 is 11.2 Å². The molecule has 8 heteroatoms. The molecule has 1 aliphatic carbocycles. The molecule has 4 N–H and O–H groups in total. The number of aromatic nitrogens is 1. The van der Waals surface area contributed by atoms with Gasteiger partial charge in [0.05, 0.1) is 22.2 Å². The number of likely N-dealkylation sites (N-methyl/N-ethyl adjacent to an activating group) is 1. The lowest BCUT2D eigenvalue weighted by molar-refractivity contribution is 0.0784. The number of urea groups is 1. The van der Waals surface area contributed by atoms with Crippen LogP contribution in [0.2, 0.25) is 0 Å². The van der Waals surface area contributed by atoms with Crippen molar-refractivity contribution in [2.75, 3.05) is 7.05 Å². The molecule has 2 aliphatic heterocycles. The largest absolute Gasteiger partial charge is 0.329 e. The Morgan fingerprint density at radius 3 is 2.86 bits per heavy atom. The maximum absolute atomic E-state index is 12.3. The van der Waals surface area contributed by atoms with Crippen LogP contribution in [0.15, 0.2) is 16.7 Å². The average molecular weight is 354 g/mol. The molecule has 21 heavy (non-hydrogen) atoms. The SMILES string of the molecule is CN1C(=O)NC2C3(N)NC(=O)c4ccc(Br)n4C3CC21C. The minimum absolute atomic E-state index is 0.118. The topological polar surface area (TPSA) is 92.4 Å². The number of nitrogens with zero attached hydrogens (tertiary/aromatic N) is 2. The fourth-order valence-corrected chi connectivity index (χ4v) is 4.66. The zero-order chi connectivity index (χ0) is 15.2. The third-order valence-electron chi connectivity index (χ3n) is 5.34. The van der Waals surface area contributed by atoms with Gasteiger partial charge in [-0.05, 0) is 41.4 Å². The first kappa shape index (κ1) is 13.1. The highest BCUT2D eigenvalue weighted by atomic mass is 79.9. The van der Waals surface area contributed by atoms with E-state index in [0.29, 0.717) is 12.1 Å². The molecule has 1 aromatic heterocycles. The maximum Gasteiger partial charge on any atom is 0.318 e. The second-order valence-electron chi connectivity index (χ2n) is 6.32. The van der Waals surface area contributed by atoms with Crippen molar-refractivity contribution in [1.29, 1.82) is 0 Å². The fraction of sp³-hybridized carbons (Fsp3) is 0.538. The lowest BCUT2D eigenvalue weighted by Gasteiger charge is -2.41. The van der Waals surface area contributed by atoms with Crippen LogP contribution in [0.5, 0.6) is 0 Å². The highest BCUT2D eigenvalue weighted by Crippen LogP contribution is 2.50. The molecule has 0 bridgehead atoms. The Balaban J connectivity index is 1.90. The summed E-state index contributed by atoms with van der Waals surface area (Å²) in [6.45, 7) is 2.01. The number of rotatable bonds is 0. The molecule has 7 nitrogen and oxygen atoms in total. The first-order valence-electron chi connectivity index (χ1n) is 6.81. The van der Waals surface area contributed by atoms with Gasteiger partial charge in [0, 0.05) is 7.05 Å². The fourth-order valence-electron chi connectivity index (χ4n) is 4.09. The van der Waals surface area contributed by atoms with Gasteiger partial charge < -0.3 is 25.8 Å². The van der Waals surface area contributed by atoms with Gasteiger partial charge in [0.15, 0.2) is 0 Å². The molecule has 1 aromatic rings. The Morgan fingerprint density at radius 1 is 1.43 bits per heavy atom. The first-order chi connectivity index (χ1) is 9.79. The lowest BCUT2D eigenvalue weighted by atomic mass is 9.92. The van der Waals surface area contributed by atoms with Gasteiger partial charge in [0.1, 0.15) is 11.4 Å². The van der Waals surface area contributed by atoms with Crippen LogP contribution in [0.3, 0.4) is 0 Å². The summed E-state index contributed by atoms with van der Waals surface area (Å²) in [5.74, 6) is -0.215.